The average Bonchev–Trinajstić information content (AvgIpc) is 1.89. The van der Waals surface area contributed by atoms with Crippen molar-refractivity contribution in [1.82, 2.24) is 10.6 Å². The van der Waals surface area contributed by atoms with Crippen LogP contribution in [0.3, 0.4) is 0 Å². The lowest BCUT2D eigenvalue weighted by Crippen LogP contribution is -2.52. The molecule has 0 aromatic carbocycles. The SMILES string of the molecule is CCNC1(O)CCNCC1. The van der Waals surface area contributed by atoms with Crippen LogP contribution in [0.15, 0.2) is 0 Å². The van der Waals surface area contributed by atoms with Gasteiger partial charge in [-0.25, -0.2) is 0 Å². The summed E-state index contributed by atoms with van der Waals surface area (Å²) in [6.45, 7) is 4.70. The summed E-state index contributed by atoms with van der Waals surface area (Å²) in [5.74, 6) is 0. The molecular weight excluding hydrogens is 128 g/mol. The zero-order chi connectivity index (χ0) is 7.45. The first-order valence-corrected chi connectivity index (χ1v) is 3.95. The molecule has 0 atom stereocenters. The lowest BCUT2D eigenvalue weighted by molar-refractivity contribution is -0.0202. The third kappa shape index (κ3) is 1.94. The Morgan fingerprint density at radius 1 is 1.50 bits per heavy atom. The molecule has 0 aromatic heterocycles. The first-order chi connectivity index (χ1) is 4.77. The standard InChI is InChI=1S/C7H16N2O/c1-2-9-7(10)3-5-8-6-4-7/h8-10H,2-6H2,1H3. The Morgan fingerprint density at radius 3 is 2.60 bits per heavy atom. The second-order valence-electron chi connectivity index (χ2n) is 2.81. The molecule has 3 N–H and O–H groups in total. The smallest absolute Gasteiger partial charge is 0.118 e. The van der Waals surface area contributed by atoms with Crippen molar-refractivity contribution in [3.8, 4) is 0 Å². The first-order valence-electron chi connectivity index (χ1n) is 3.95. The lowest BCUT2D eigenvalue weighted by Gasteiger charge is -2.33. The fraction of sp³-hybridized carbons (Fsp3) is 1.00. The summed E-state index contributed by atoms with van der Waals surface area (Å²) < 4.78 is 0. The molecule has 0 spiro atoms. The van der Waals surface area contributed by atoms with Crippen LogP contribution in [-0.4, -0.2) is 30.5 Å². The van der Waals surface area contributed by atoms with E-state index in [4.69, 9.17) is 0 Å². The van der Waals surface area contributed by atoms with Gasteiger partial charge in [0.15, 0.2) is 0 Å². The van der Waals surface area contributed by atoms with E-state index in [0.717, 1.165) is 32.5 Å². The molecule has 60 valence electrons. The summed E-state index contributed by atoms with van der Waals surface area (Å²) in [4.78, 5) is 0. The minimum atomic E-state index is -0.583. The third-order valence-electron chi connectivity index (χ3n) is 1.94. The molecular formula is C7H16N2O. The molecule has 0 bridgehead atoms. The van der Waals surface area contributed by atoms with Crippen molar-refractivity contribution in [3.05, 3.63) is 0 Å². The van der Waals surface area contributed by atoms with Gasteiger partial charge in [-0.05, 0) is 19.6 Å². The monoisotopic (exact) mass is 144 g/mol. The van der Waals surface area contributed by atoms with Crippen molar-refractivity contribution in [1.29, 1.82) is 0 Å². The summed E-state index contributed by atoms with van der Waals surface area (Å²) in [5.41, 5.74) is -0.583. The average molecular weight is 144 g/mol. The van der Waals surface area contributed by atoms with Crippen LogP contribution >= 0.6 is 0 Å². The second-order valence-corrected chi connectivity index (χ2v) is 2.81. The van der Waals surface area contributed by atoms with Crippen LogP contribution in [0.25, 0.3) is 0 Å². The van der Waals surface area contributed by atoms with Crippen LogP contribution in [0.5, 0.6) is 0 Å². The van der Waals surface area contributed by atoms with Gasteiger partial charge in [0.2, 0.25) is 0 Å². The van der Waals surface area contributed by atoms with E-state index in [0.29, 0.717) is 0 Å². The summed E-state index contributed by atoms with van der Waals surface area (Å²) in [6.07, 6.45) is 1.64. The van der Waals surface area contributed by atoms with E-state index in [2.05, 4.69) is 10.6 Å². The largest absolute Gasteiger partial charge is 0.376 e. The number of rotatable bonds is 2. The van der Waals surface area contributed by atoms with Crippen LogP contribution in [-0.2, 0) is 0 Å². The van der Waals surface area contributed by atoms with E-state index in [1.165, 1.54) is 0 Å². The minimum absolute atomic E-state index is 0.583. The molecule has 0 amide bonds. The van der Waals surface area contributed by atoms with Crippen LogP contribution in [0.1, 0.15) is 19.8 Å². The summed E-state index contributed by atoms with van der Waals surface area (Å²) in [6, 6.07) is 0. The van der Waals surface area contributed by atoms with Gasteiger partial charge in [0, 0.05) is 12.8 Å². The van der Waals surface area contributed by atoms with Gasteiger partial charge in [-0.3, -0.25) is 5.32 Å². The van der Waals surface area contributed by atoms with Crippen molar-refractivity contribution >= 4 is 0 Å². The zero-order valence-corrected chi connectivity index (χ0v) is 6.48. The molecule has 10 heavy (non-hydrogen) atoms. The van der Waals surface area contributed by atoms with Gasteiger partial charge < -0.3 is 10.4 Å². The summed E-state index contributed by atoms with van der Waals surface area (Å²) >= 11 is 0. The number of aliphatic hydroxyl groups is 1. The number of hydrogen-bond acceptors (Lipinski definition) is 3. The van der Waals surface area contributed by atoms with Crippen LogP contribution in [0, 0.1) is 0 Å². The van der Waals surface area contributed by atoms with Gasteiger partial charge in [-0.2, -0.15) is 0 Å². The first kappa shape index (κ1) is 7.98. The van der Waals surface area contributed by atoms with Crippen molar-refractivity contribution in [2.75, 3.05) is 19.6 Å². The van der Waals surface area contributed by atoms with Crippen molar-refractivity contribution in [2.24, 2.45) is 0 Å². The summed E-state index contributed by atoms with van der Waals surface area (Å²) in [5, 5.41) is 16.0. The van der Waals surface area contributed by atoms with Crippen LogP contribution in [0.4, 0.5) is 0 Å². The highest BCUT2D eigenvalue weighted by atomic mass is 16.3. The molecule has 0 radical (unpaired) electrons. The Labute approximate surface area is 61.8 Å². The number of piperidine rings is 1. The molecule has 0 unspecified atom stereocenters. The Balaban J connectivity index is 2.32. The Morgan fingerprint density at radius 2 is 2.10 bits per heavy atom. The van der Waals surface area contributed by atoms with E-state index in [1.807, 2.05) is 6.92 Å². The fourth-order valence-electron chi connectivity index (χ4n) is 1.35. The zero-order valence-electron chi connectivity index (χ0n) is 6.48. The van der Waals surface area contributed by atoms with Gasteiger partial charge in [-0.15, -0.1) is 0 Å². The Hall–Kier alpha value is -0.120. The Kier molecular flexibility index (Phi) is 2.65. The fourth-order valence-corrected chi connectivity index (χ4v) is 1.35. The highest BCUT2D eigenvalue weighted by Crippen LogP contribution is 2.13. The van der Waals surface area contributed by atoms with Crippen LogP contribution < -0.4 is 10.6 Å². The highest BCUT2D eigenvalue weighted by Gasteiger charge is 2.26. The third-order valence-corrected chi connectivity index (χ3v) is 1.94. The molecule has 1 aliphatic rings. The predicted octanol–water partition coefficient (Wildman–Crippen LogP) is -0.332. The van der Waals surface area contributed by atoms with Crippen molar-refractivity contribution < 1.29 is 5.11 Å². The van der Waals surface area contributed by atoms with Crippen molar-refractivity contribution in [3.63, 3.8) is 0 Å². The topological polar surface area (TPSA) is 44.3 Å². The molecule has 1 heterocycles. The van der Waals surface area contributed by atoms with E-state index in [-0.39, 0.29) is 0 Å². The molecule has 1 fully saturated rings. The maximum Gasteiger partial charge on any atom is 0.118 e. The molecule has 1 aliphatic heterocycles. The quantitative estimate of drug-likeness (QED) is 0.465. The molecule has 1 saturated heterocycles. The Bertz CT molecular complexity index is 94.3. The van der Waals surface area contributed by atoms with Crippen LogP contribution in [0.2, 0.25) is 0 Å². The van der Waals surface area contributed by atoms with Crippen molar-refractivity contribution in [2.45, 2.75) is 25.5 Å². The highest BCUT2D eigenvalue weighted by molar-refractivity contribution is 4.80. The molecule has 0 aromatic rings. The maximum atomic E-state index is 9.72. The van der Waals surface area contributed by atoms with Gasteiger partial charge >= 0.3 is 0 Å². The van der Waals surface area contributed by atoms with Gasteiger partial charge in [0.05, 0.1) is 0 Å². The normalized spacial score (nSPS) is 24.6. The van der Waals surface area contributed by atoms with E-state index >= 15 is 0 Å². The van der Waals surface area contributed by atoms with Gasteiger partial charge in [-0.1, -0.05) is 6.92 Å². The molecule has 3 heteroatoms. The maximum absolute atomic E-state index is 9.72. The molecule has 0 aliphatic carbocycles. The van der Waals surface area contributed by atoms with Gasteiger partial charge in [0.1, 0.15) is 5.72 Å². The minimum Gasteiger partial charge on any atom is -0.376 e. The predicted molar refractivity (Wildman–Crippen MR) is 40.7 cm³/mol. The van der Waals surface area contributed by atoms with E-state index in [9.17, 15) is 5.11 Å². The number of nitrogens with one attached hydrogen (secondary N) is 2. The molecule has 3 nitrogen and oxygen atoms in total. The van der Waals surface area contributed by atoms with Gasteiger partial charge in [0.25, 0.3) is 0 Å². The molecule has 0 saturated carbocycles. The lowest BCUT2D eigenvalue weighted by atomic mass is 10.0. The summed E-state index contributed by atoms with van der Waals surface area (Å²) in [7, 11) is 0. The van der Waals surface area contributed by atoms with E-state index < -0.39 is 5.72 Å². The second kappa shape index (κ2) is 3.32. The number of hydrogen-bond donors (Lipinski definition) is 3. The van der Waals surface area contributed by atoms with E-state index in [1.54, 1.807) is 0 Å². The molecule has 1 rings (SSSR count).